The molecule has 2 N–H and O–H groups in total. The largest absolute Gasteiger partial charge is 0.507 e. The standard InChI is InChI=1S/C22H23NO7/c1-28-15-7-4-13(5-8-15)20(25)18-19(23(10-11-24)22(27)21(18)26)14-6-9-16(29-2)17(12-14)30-3/h4-9,12,19,24-25H,10-11H2,1-3H3/b20-18-. The maximum atomic E-state index is 12.8. The van der Waals surface area contributed by atoms with Crippen LogP contribution in [0.3, 0.4) is 0 Å². The minimum atomic E-state index is -0.890. The summed E-state index contributed by atoms with van der Waals surface area (Å²) in [5.41, 5.74) is 0.837. The number of benzene rings is 2. The highest BCUT2D eigenvalue weighted by molar-refractivity contribution is 6.46. The van der Waals surface area contributed by atoms with Gasteiger partial charge in [-0.3, -0.25) is 9.59 Å². The normalized spacial score (nSPS) is 17.9. The molecular formula is C22H23NO7. The fraction of sp³-hybridized carbons (Fsp3) is 0.273. The Labute approximate surface area is 173 Å². The molecule has 1 amide bonds. The van der Waals surface area contributed by atoms with Crippen LogP contribution in [0.1, 0.15) is 17.2 Å². The van der Waals surface area contributed by atoms with Crippen molar-refractivity contribution in [1.82, 2.24) is 4.90 Å². The highest BCUT2D eigenvalue weighted by Gasteiger charge is 2.46. The van der Waals surface area contributed by atoms with Gasteiger partial charge >= 0.3 is 0 Å². The van der Waals surface area contributed by atoms with Crippen LogP contribution in [-0.4, -0.2) is 61.3 Å². The summed E-state index contributed by atoms with van der Waals surface area (Å²) in [6.45, 7) is -0.400. The highest BCUT2D eigenvalue weighted by atomic mass is 16.5. The van der Waals surface area contributed by atoms with Gasteiger partial charge in [-0.1, -0.05) is 6.07 Å². The monoisotopic (exact) mass is 413 g/mol. The van der Waals surface area contributed by atoms with Gasteiger partial charge < -0.3 is 29.3 Å². The van der Waals surface area contributed by atoms with E-state index in [1.54, 1.807) is 42.5 Å². The van der Waals surface area contributed by atoms with E-state index in [-0.39, 0.29) is 24.5 Å². The lowest BCUT2D eigenvalue weighted by Gasteiger charge is -2.25. The van der Waals surface area contributed by atoms with E-state index >= 15 is 0 Å². The van der Waals surface area contributed by atoms with Gasteiger partial charge in [0.05, 0.1) is 39.6 Å². The number of aliphatic hydroxyl groups excluding tert-OH is 2. The van der Waals surface area contributed by atoms with E-state index in [0.717, 1.165) is 0 Å². The molecule has 0 spiro atoms. The number of ketones is 1. The summed E-state index contributed by atoms with van der Waals surface area (Å²) in [6, 6.07) is 10.6. The van der Waals surface area contributed by atoms with Crippen molar-refractivity contribution in [3.05, 3.63) is 59.2 Å². The lowest BCUT2D eigenvalue weighted by Crippen LogP contribution is -2.32. The van der Waals surface area contributed by atoms with Crippen molar-refractivity contribution in [2.24, 2.45) is 0 Å². The van der Waals surface area contributed by atoms with Gasteiger partial charge in [0.15, 0.2) is 11.5 Å². The van der Waals surface area contributed by atoms with Crippen LogP contribution < -0.4 is 14.2 Å². The Balaban J connectivity index is 2.18. The van der Waals surface area contributed by atoms with Gasteiger partial charge in [-0.05, 0) is 42.0 Å². The molecule has 2 aromatic carbocycles. The van der Waals surface area contributed by atoms with Gasteiger partial charge in [0.1, 0.15) is 11.5 Å². The molecule has 3 rings (SSSR count). The summed E-state index contributed by atoms with van der Waals surface area (Å²) in [5, 5.41) is 20.4. The Bertz CT molecular complexity index is 981. The SMILES string of the molecule is COc1ccc(/C(O)=C2/C(=O)C(=O)N(CCO)C2c2ccc(OC)c(OC)c2)cc1. The number of ether oxygens (including phenoxy) is 3. The van der Waals surface area contributed by atoms with Gasteiger partial charge in [0.25, 0.3) is 11.7 Å². The van der Waals surface area contributed by atoms with Gasteiger partial charge in [-0.15, -0.1) is 0 Å². The second-order valence-corrected chi connectivity index (χ2v) is 6.56. The Morgan fingerprint density at radius 3 is 2.20 bits per heavy atom. The zero-order valence-electron chi connectivity index (χ0n) is 16.9. The molecule has 1 fully saturated rings. The maximum Gasteiger partial charge on any atom is 0.295 e. The molecule has 0 aromatic heterocycles. The molecule has 0 aliphatic carbocycles. The van der Waals surface area contributed by atoms with Crippen molar-refractivity contribution in [2.45, 2.75) is 6.04 Å². The quantitative estimate of drug-likeness (QED) is 0.407. The Morgan fingerprint density at radius 1 is 0.967 bits per heavy atom. The average Bonchev–Trinajstić information content (AvgIpc) is 3.03. The first-order chi connectivity index (χ1) is 14.5. The first-order valence-corrected chi connectivity index (χ1v) is 9.22. The molecule has 30 heavy (non-hydrogen) atoms. The third kappa shape index (κ3) is 3.69. The summed E-state index contributed by atoms with van der Waals surface area (Å²) in [5.74, 6) is -0.444. The molecule has 1 unspecified atom stereocenters. The number of β-amino-alcohol motifs (C(OH)–C–C–N with tert-alkyl or cyclic N) is 1. The van der Waals surface area contributed by atoms with E-state index in [1.165, 1.54) is 26.2 Å². The number of amides is 1. The summed E-state index contributed by atoms with van der Waals surface area (Å²) < 4.78 is 15.7. The molecule has 0 saturated carbocycles. The zero-order valence-corrected chi connectivity index (χ0v) is 16.9. The molecule has 1 heterocycles. The van der Waals surface area contributed by atoms with Crippen molar-refractivity contribution in [3.8, 4) is 17.2 Å². The fourth-order valence-electron chi connectivity index (χ4n) is 3.49. The molecule has 1 aliphatic rings. The van der Waals surface area contributed by atoms with Gasteiger partial charge in [-0.25, -0.2) is 0 Å². The summed E-state index contributed by atoms with van der Waals surface area (Å²) in [6.07, 6.45) is 0. The van der Waals surface area contributed by atoms with Crippen LogP contribution >= 0.6 is 0 Å². The molecule has 2 aromatic rings. The molecule has 0 radical (unpaired) electrons. The third-order valence-corrected chi connectivity index (χ3v) is 4.97. The number of rotatable bonds is 7. The number of Topliss-reactive ketones (excluding diaryl/α,β-unsaturated/α-hetero) is 1. The maximum absolute atomic E-state index is 12.8. The molecule has 1 saturated heterocycles. The number of hydrogen-bond acceptors (Lipinski definition) is 7. The molecule has 8 heteroatoms. The van der Waals surface area contributed by atoms with Crippen molar-refractivity contribution in [3.63, 3.8) is 0 Å². The molecule has 8 nitrogen and oxygen atoms in total. The third-order valence-electron chi connectivity index (χ3n) is 4.97. The van der Waals surface area contributed by atoms with Gasteiger partial charge in [0, 0.05) is 12.1 Å². The van der Waals surface area contributed by atoms with Crippen LogP contribution in [0.5, 0.6) is 17.2 Å². The van der Waals surface area contributed by atoms with Crippen LogP contribution in [0.25, 0.3) is 5.76 Å². The summed E-state index contributed by atoms with van der Waals surface area (Å²) >= 11 is 0. The number of hydrogen-bond donors (Lipinski definition) is 2. The lowest BCUT2D eigenvalue weighted by molar-refractivity contribution is -0.140. The number of carbonyl (C=O) groups is 2. The van der Waals surface area contributed by atoms with Crippen LogP contribution in [-0.2, 0) is 9.59 Å². The molecule has 1 aliphatic heterocycles. The molecule has 1 atom stereocenters. The summed E-state index contributed by atoms with van der Waals surface area (Å²) in [7, 11) is 4.50. The second kappa shape index (κ2) is 8.87. The van der Waals surface area contributed by atoms with Crippen LogP contribution in [0.4, 0.5) is 0 Å². The molecule has 0 bridgehead atoms. The average molecular weight is 413 g/mol. The predicted octanol–water partition coefficient (Wildman–Crippen LogP) is 2.13. The highest BCUT2D eigenvalue weighted by Crippen LogP contribution is 2.41. The topological polar surface area (TPSA) is 106 Å². The Hall–Kier alpha value is -3.52. The molecular weight excluding hydrogens is 390 g/mol. The van der Waals surface area contributed by atoms with Crippen molar-refractivity contribution < 1.29 is 34.0 Å². The number of methoxy groups -OCH3 is 3. The van der Waals surface area contributed by atoms with Crippen molar-refractivity contribution in [1.29, 1.82) is 0 Å². The fourth-order valence-corrected chi connectivity index (χ4v) is 3.49. The van der Waals surface area contributed by atoms with Crippen molar-refractivity contribution in [2.75, 3.05) is 34.5 Å². The number of carbonyl (C=O) groups excluding carboxylic acids is 2. The van der Waals surface area contributed by atoms with Crippen LogP contribution in [0.2, 0.25) is 0 Å². The smallest absolute Gasteiger partial charge is 0.295 e. The number of likely N-dealkylation sites (tertiary alicyclic amines) is 1. The first kappa shape index (κ1) is 21.2. The first-order valence-electron chi connectivity index (χ1n) is 9.22. The van der Waals surface area contributed by atoms with Crippen LogP contribution in [0, 0.1) is 0 Å². The minimum Gasteiger partial charge on any atom is -0.507 e. The van der Waals surface area contributed by atoms with E-state index in [4.69, 9.17) is 14.2 Å². The van der Waals surface area contributed by atoms with Crippen LogP contribution in [0.15, 0.2) is 48.0 Å². The Kier molecular flexibility index (Phi) is 6.27. The van der Waals surface area contributed by atoms with Gasteiger partial charge in [-0.2, -0.15) is 0 Å². The Morgan fingerprint density at radius 2 is 1.63 bits per heavy atom. The lowest BCUT2D eigenvalue weighted by atomic mass is 9.95. The van der Waals surface area contributed by atoms with Gasteiger partial charge in [0.2, 0.25) is 0 Å². The van der Waals surface area contributed by atoms with E-state index in [1.807, 2.05) is 0 Å². The van der Waals surface area contributed by atoms with E-state index in [2.05, 4.69) is 0 Å². The zero-order chi connectivity index (χ0) is 21.8. The summed E-state index contributed by atoms with van der Waals surface area (Å²) in [4.78, 5) is 26.7. The molecule has 158 valence electrons. The minimum absolute atomic E-state index is 0.0640. The second-order valence-electron chi connectivity index (χ2n) is 6.56. The van der Waals surface area contributed by atoms with Crippen molar-refractivity contribution >= 4 is 17.4 Å². The predicted molar refractivity (Wildman–Crippen MR) is 109 cm³/mol. The van der Waals surface area contributed by atoms with E-state index in [0.29, 0.717) is 28.4 Å². The number of aliphatic hydroxyl groups is 2. The van der Waals surface area contributed by atoms with E-state index < -0.39 is 17.7 Å². The number of nitrogens with zero attached hydrogens (tertiary/aromatic N) is 1. The van der Waals surface area contributed by atoms with E-state index in [9.17, 15) is 19.8 Å².